The zero-order chi connectivity index (χ0) is 24.0. The van der Waals surface area contributed by atoms with Crippen LogP contribution in [-0.4, -0.2) is 25.1 Å². The summed E-state index contributed by atoms with van der Waals surface area (Å²) in [5.74, 6) is -1.64. The van der Waals surface area contributed by atoms with E-state index in [2.05, 4.69) is 27.5 Å². The molecule has 3 rings (SSSR count). The number of ether oxygens (including phenoxy) is 2. The van der Waals surface area contributed by atoms with E-state index in [0.29, 0.717) is 22.9 Å². The highest BCUT2D eigenvalue weighted by Crippen LogP contribution is 2.32. The van der Waals surface area contributed by atoms with Gasteiger partial charge in [0.1, 0.15) is 5.82 Å². The maximum absolute atomic E-state index is 14.5. The lowest BCUT2D eigenvalue weighted by Crippen LogP contribution is -2.10. The van der Waals surface area contributed by atoms with Crippen molar-refractivity contribution in [3.05, 3.63) is 78.0 Å². The second kappa shape index (κ2) is 10.4. The lowest BCUT2D eigenvalue weighted by molar-refractivity contribution is -0.111. The van der Waals surface area contributed by atoms with Crippen molar-refractivity contribution < 1.29 is 23.0 Å². The summed E-state index contributed by atoms with van der Waals surface area (Å²) in [6.45, 7) is 5.21. The van der Waals surface area contributed by atoms with Crippen molar-refractivity contribution in [3.63, 3.8) is 0 Å². The third-order valence-electron chi connectivity index (χ3n) is 4.87. The molecule has 0 aliphatic carbocycles. The number of amides is 1. The molecule has 33 heavy (non-hydrogen) atoms. The molecule has 172 valence electrons. The highest BCUT2D eigenvalue weighted by atomic mass is 19.1. The van der Waals surface area contributed by atoms with Crippen molar-refractivity contribution in [1.29, 1.82) is 0 Å². The molecule has 3 aromatic rings. The number of nitrogens with one attached hydrogen (secondary N) is 3. The Balaban J connectivity index is 1.76. The Kier molecular flexibility index (Phi) is 7.45. The maximum atomic E-state index is 14.5. The summed E-state index contributed by atoms with van der Waals surface area (Å²) in [6, 6.07) is 10.1. The molecule has 1 aromatic heterocycles. The van der Waals surface area contributed by atoms with E-state index in [1.165, 1.54) is 26.5 Å². The predicted molar refractivity (Wildman–Crippen MR) is 124 cm³/mol. The molecule has 0 bridgehead atoms. The number of rotatable bonds is 9. The molecule has 2 aromatic carbocycles. The molecular weight excluding hydrogens is 430 g/mol. The average Bonchev–Trinajstić information content (AvgIpc) is 2.82. The van der Waals surface area contributed by atoms with Gasteiger partial charge in [0.25, 0.3) is 0 Å². The Hall–Kier alpha value is -4.14. The van der Waals surface area contributed by atoms with Crippen molar-refractivity contribution >= 4 is 28.8 Å². The summed E-state index contributed by atoms with van der Waals surface area (Å²) in [5, 5.41) is 8.87. The summed E-state index contributed by atoms with van der Waals surface area (Å²) >= 11 is 0. The van der Waals surface area contributed by atoms with Crippen LogP contribution in [-0.2, 0) is 11.3 Å². The fourth-order valence-corrected chi connectivity index (χ4v) is 3.10. The number of para-hydroxylation sites is 1. The number of carbonyl (C=O) groups excluding carboxylic acids is 1. The van der Waals surface area contributed by atoms with Crippen molar-refractivity contribution in [2.75, 3.05) is 30.2 Å². The lowest BCUT2D eigenvalue weighted by atomic mass is 10.1. The minimum absolute atomic E-state index is 0.111. The summed E-state index contributed by atoms with van der Waals surface area (Å²) in [6.07, 6.45) is 2.71. The molecule has 1 amide bonds. The van der Waals surface area contributed by atoms with Gasteiger partial charge in [-0.2, -0.15) is 0 Å². The summed E-state index contributed by atoms with van der Waals surface area (Å²) < 4.78 is 39.0. The molecular formula is C24H24F2N4O3. The molecule has 0 fully saturated rings. The van der Waals surface area contributed by atoms with Crippen molar-refractivity contribution in [2.24, 2.45) is 0 Å². The Morgan fingerprint density at radius 2 is 1.82 bits per heavy atom. The molecule has 9 heteroatoms. The SMILES string of the molecule is C=CC(=O)Nc1cccc(C)c1Nc1ccc(NCc2c(F)c(OC)cc(OC)c2F)cn1. The average molecular weight is 454 g/mol. The van der Waals surface area contributed by atoms with Crippen molar-refractivity contribution in [1.82, 2.24) is 4.98 Å². The highest BCUT2D eigenvalue weighted by molar-refractivity contribution is 6.01. The number of carbonyl (C=O) groups is 1. The standard InChI is InChI=1S/C24H24F2N4O3/c1-5-21(31)29-17-8-6-7-14(2)24(17)30-20-10-9-15(12-28-20)27-13-16-22(25)18(32-3)11-19(33-4)23(16)26/h5-12,27H,1,13H2,2-4H3,(H,28,30)(H,29,31). The van der Waals surface area contributed by atoms with Crippen LogP contribution in [0.4, 0.5) is 31.7 Å². The number of nitrogens with zero attached hydrogens (tertiary/aromatic N) is 1. The smallest absolute Gasteiger partial charge is 0.247 e. The van der Waals surface area contributed by atoms with Gasteiger partial charge in [-0.25, -0.2) is 13.8 Å². The number of halogens is 2. The quantitative estimate of drug-likeness (QED) is 0.387. The number of aryl methyl sites for hydroxylation is 1. The third kappa shape index (κ3) is 5.38. The normalized spacial score (nSPS) is 10.3. The first kappa shape index (κ1) is 23.5. The number of anilines is 4. The van der Waals surface area contributed by atoms with Crippen LogP contribution in [0.2, 0.25) is 0 Å². The molecule has 7 nitrogen and oxygen atoms in total. The predicted octanol–water partition coefficient (Wildman–Crippen LogP) is 5.17. The first-order chi connectivity index (χ1) is 15.9. The van der Waals surface area contributed by atoms with Crippen LogP contribution in [0.5, 0.6) is 11.5 Å². The molecule has 1 heterocycles. The molecule has 0 saturated heterocycles. The van der Waals surface area contributed by atoms with E-state index in [0.717, 1.165) is 11.6 Å². The molecule has 0 atom stereocenters. The summed E-state index contributed by atoms with van der Waals surface area (Å²) in [7, 11) is 2.59. The van der Waals surface area contributed by atoms with Crippen molar-refractivity contribution in [3.8, 4) is 11.5 Å². The van der Waals surface area contributed by atoms with Gasteiger partial charge in [0.15, 0.2) is 23.1 Å². The van der Waals surface area contributed by atoms with E-state index in [1.807, 2.05) is 19.1 Å². The van der Waals surface area contributed by atoms with Crippen molar-refractivity contribution in [2.45, 2.75) is 13.5 Å². The van der Waals surface area contributed by atoms with E-state index < -0.39 is 11.6 Å². The molecule has 0 spiro atoms. The van der Waals surface area contributed by atoms with Gasteiger partial charge in [0.2, 0.25) is 5.91 Å². The Morgan fingerprint density at radius 1 is 1.12 bits per heavy atom. The third-order valence-corrected chi connectivity index (χ3v) is 4.87. The fourth-order valence-electron chi connectivity index (χ4n) is 3.10. The van der Waals surface area contributed by atoms with Gasteiger partial charge in [-0.05, 0) is 36.8 Å². The van der Waals surface area contributed by atoms with E-state index in [-0.39, 0.29) is 29.5 Å². The second-order valence-corrected chi connectivity index (χ2v) is 6.99. The van der Waals surface area contributed by atoms with Crippen LogP contribution in [0.15, 0.2) is 55.3 Å². The minimum atomic E-state index is -0.803. The number of aromatic nitrogens is 1. The largest absolute Gasteiger partial charge is 0.494 e. The molecule has 3 N–H and O–H groups in total. The maximum Gasteiger partial charge on any atom is 0.247 e. The first-order valence-corrected chi connectivity index (χ1v) is 9.96. The summed E-state index contributed by atoms with van der Waals surface area (Å²) in [5.41, 5.74) is 2.51. The Labute approximate surface area is 190 Å². The Morgan fingerprint density at radius 3 is 2.39 bits per heavy atom. The second-order valence-electron chi connectivity index (χ2n) is 6.99. The van der Waals surface area contributed by atoms with Gasteiger partial charge in [-0.15, -0.1) is 0 Å². The zero-order valence-corrected chi connectivity index (χ0v) is 18.5. The number of hydrogen-bond acceptors (Lipinski definition) is 6. The highest BCUT2D eigenvalue weighted by Gasteiger charge is 2.19. The summed E-state index contributed by atoms with van der Waals surface area (Å²) in [4.78, 5) is 16.0. The molecule has 0 saturated carbocycles. The van der Waals surface area contributed by atoms with E-state index in [1.54, 1.807) is 18.2 Å². The first-order valence-electron chi connectivity index (χ1n) is 9.96. The number of hydrogen-bond donors (Lipinski definition) is 3. The van der Waals surface area contributed by atoms with Gasteiger partial charge in [0.05, 0.1) is 43.0 Å². The van der Waals surface area contributed by atoms with E-state index >= 15 is 0 Å². The van der Waals surface area contributed by atoms with Crippen LogP contribution in [0.1, 0.15) is 11.1 Å². The van der Waals surface area contributed by atoms with Gasteiger partial charge >= 0.3 is 0 Å². The molecule has 0 radical (unpaired) electrons. The van der Waals surface area contributed by atoms with Crippen LogP contribution in [0.3, 0.4) is 0 Å². The molecule has 0 unspecified atom stereocenters. The topological polar surface area (TPSA) is 84.5 Å². The molecule has 0 aliphatic heterocycles. The lowest BCUT2D eigenvalue weighted by Gasteiger charge is -2.15. The number of methoxy groups -OCH3 is 2. The molecule has 0 aliphatic rings. The van der Waals surface area contributed by atoms with Crippen LogP contribution in [0, 0.1) is 18.6 Å². The van der Waals surface area contributed by atoms with Crippen LogP contribution >= 0.6 is 0 Å². The monoisotopic (exact) mass is 454 g/mol. The number of benzene rings is 2. The van der Waals surface area contributed by atoms with Crippen LogP contribution in [0.25, 0.3) is 0 Å². The number of pyridine rings is 1. The van der Waals surface area contributed by atoms with Crippen LogP contribution < -0.4 is 25.4 Å². The fraction of sp³-hybridized carbons (Fsp3) is 0.167. The van der Waals surface area contributed by atoms with Gasteiger partial charge in [-0.1, -0.05) is 18.7 Å². The van der Waals surface area contributed by atoms with E-state index in [9.17, 15) is 13.6 Å². The minimum Gasteiger partial charge on any atom is -0.494 e. The van der Waals surface area contributed by atoms with Gasteiger partial charge in [0, 0.05) is 12.6 Å². The van der Waals surface area contributed by atoms with E-state index in [4.69, 9.17) is 9.47 Å². The zero-order valence-electron chi connectivity index (χ0n) is 18.5. The van der Waals surface area contributed by atoms with Gasteiger partial charge < -0.3 is 25.4 Å². The van der Waals surface area contributed by atoms with Gasteiger partial charge in [-0.3, -0.25) is 4.79 Å². The Bertz CT molecular complexity index is 1140.